The van der Waals surface area contributed by atoms with Crippen molar-refractivity contribution in [2.75, 3.05) is 6.61 Å². The van der Waals surface area contributed by atoms with E-state index in [1.807, 2.05) is 0 Å². The van der Waals surface area contributed by atoms with Gasteiger partial charge in [-0.2, -0.15) is 0 Å². The van der Waals surface area contributed by atoms with Crippen molar-refractivity contribution in [1.82, 2.24) is 5.32 Å². The molecule has 1 amide bonds. The average Bonchev–Trinajstić information content (AvgIpc) is 3.21. The minimum atomic E-state index is -5.15. The van der Waals surface area contributed by atoms with Gasteiger partial charge in [0.25, 0.3) is 0 Å². The highest BCUT2D eigenvalue weighted by molar-refractivity contribution is 7.47. The van der Waals surface area contributed by atoms with Gasteiger partial charge in [0, 0.05) is 0 Å². The molecule has 1 aliphatic rings. The average molecular weight is 862 g/mol. The van der Waals surface area contributed by atoms with E-state index in [9.17, 15) is 50.0 Å². The highest BCUT2D eigenvalue weighted by Gasteiger charge is 2.51. The molecule has 0 radical (unpaired) electrons. The zero-order valence-electron chi connectivity index (χ0n) is 36.4. The Balaban J connectivity index is 2.58. The van der Waals surface area contributed by atoms with Gasteiger partial charge in [0.2, 0.25) is 5.91 Å². The van der Waals surface area contributed by atoms with Crippen molar-refractivity contribution >= 4 is 13.7 Å². The summed E-state index contributed by atoms with van der Waals surface area (Å²) in [4.78, 5) is 23.4. The normalized spacial score (nSPS) is 23.9. The second-order valence-corrected chi connectivity index (χ2v) is 17.8. The number of unbranched alkanes of at least 4 members (excludes halogenated alkanes) is 20. The van der Waals surface area contributed by atoms with Crippen molar-refractivity contribution in [2.45, 2.75) is 236 Å². The molecule has 0 heterocycles. The monoisotopic (exact) mass is 862 g/mol. The van der Waals surface area contributed by atoms with Gasteiger partial charge in [0.1, 0.15) is 36.6 Å². The lowest BCUT2D eigenvalue weighted by Crippen LogP contribution is -2.64. The zero-order chi connectivity index (χ0) is 43.7. The Morgan fingerprint density at radius 3 is 1.49 bits per heavy atom. The molecular formula is C45H84NO12P. The van der Waals surface area contributed by atoms with Crippen LogP contribution in [0.2, 0.25) is 0 Å². The molecule has 9 N–H and O–H groups in total. The number of carbonyl (C=O) groups is 1. The summed E-state index contributed by atoms with van der Waals surface area (Å²) in [6.45, 7) is 3.70. The molecule has 0 aromatic rings. The molecule has 1 aliphatic carbocycles. The smallest absolute Gasteiger partial charge is 0.393 e. The molecule has 0 aromatic carbocycles. The van der Waals surface area contributed by atoms with Crippen molar-refractivity contribution in [1.29, 1.82) is 0 Å². The fourth-order valence-electron chi connectivity index (χ4n) is 7.13. The highest BCUT2D eigenvalue weighted by atomic mass is 31.2. The van der Waals surface area contributed by atoms with Gasteiger partial charge >= 0.3 is 7.82 Å². The molecule has 1 saturated carbocycles. The highest BCUT2D eigenvalue weighted by Crippen LogP contribution is 2.47. The second-order valence-electron chi connectivity index (χ2n) is 16.4. The first-order chi connectivity index (χ1) is 28.3. The zero-order valence-corrected chi connectivity index (χ0v) is 37.3. The Bertz CT molecular complexity index is 1160. The maximum absolute atomic E-state index is 13.0. The van der Waals surface area contributed by atoms with Crippen LogP contribution in [0.25, 0.3) is 0 Å². The van der Waals surface area contributed by atoms with Crippen LogP contribution in [0.15, 0.2) is 36.5 Å². The van der Waals surface area contributed by atoms with Crippen LogP contribution in [0, 0.1) is 0 Å². The number of allylic oxidation sites excluding steroid dienone is 5. The Kier molecular flexibility index (Phi) is 33.0. The predicted octanol–water partition coefficient (Wildman–Crippen LogP) is 7.36. The van der Waals surface area contributed by atoms with Crippen LogP contribution in [-0.4, -0.2) is 108 Å². The Hall–Kier alpha value is -1.48. The summed E-state index contributed by atoms with van der Waals surface area (Å²) in [6, 6.07) is -1.26. The van der Waals surface area contributed by atoms with E-state index in [2.05, 4.69) is 43.5 Å². The first kappa shape index (κ1) is 55.5. The van der Waals surface area contributed by atoms with Crippen LogP contribution in [0.3, 0.4) is 0 Å². The molecular weight excluding hydrogens is 777 g/mol. The number of rotatable bonds is 37. The van der Waals surface area contributed by atoms with Crippen LogP contribution in [0.5, 0.6) is 0 Å². The number of aliphatic hydroxyl groups excluding tert-OH is 7. The lowest BCUT2D eigenvalue weighted by atomic mass is 9.85. The number of phosphoric acid groups is 1. The molecule has 1 rings (SSSR count). The minimum absolute atomic E-state index is 0.263. The molecule has 0 bridgehead atoms. The van der Waals surface area contributed by atoms with Gasteiger partial charge in [0.05, 0.1) is 31.3 Å². The summed E-state index contributed by atoms with van der Waals surface area (Å²) in [5.74, 6) is -0.613. The van der Waals surface area contributed by atoms with Crippen LogP contribution < -0.4 is 5.32 Å². The van der Waals surface area contributed by atoms with E-state index in [-0.39, 0.29) is 6.42 Å². The molecule has 346 valence electrons. The molecule has 0 aromatic heterocycles. The lowest BCUT2D eigenvalue weighted by molar-refractivity contribution is -0.220. The van der Waals surface area contributed by atoms with Gasteiger partial charge in [-0.05, 0) is 57.8 Å². The minimum Gasteiger partial charge on any atom is -0.393 e. The molecule has 13 nitrogen and oxygen atoms in total. The maximum atomic E-state index is 13.0. The van der Waals surface area contributed by atoms with E-state index in [1.165, 1.54) is 102 Å². The molecule has 59 heavy (non-hydrogen) atoms. The van der Waals surface area contributed by atoms with Gasteiger partial charge in [-0.15, -0.1) is 0 Å². The number of phosphoric ester groups is 1. The van der Waals surface area contributed by atoms with E-state index in [4.69, 9.17) is 9.05 Å². The van der Waals surface area contributed by atoms with E-state index in [0.717, 1.165) is 51.4 Å². The van der Waals surface area contributed by atoms with E-state index in [0.29, 0.717) is 12.8 Å². The first-order valence-electron chi connectivity index (χ1n) is 23.0. The van der Waals surface area contributed by atoms with E-state index in [1.54, 1.807) is 6.08 Å². The number of hydrogen-bond donors (Lipinski definition) is 9. The molecule has 0 aliphatic heterocycles. The van der Waals surface area contributed by atoms with E-state index >= 15 is 0 Å². The fraction of sp³-hybridized carbons (Fsp3) is 0.844. The Morgan fingerprint density at radius 1 is 0.593 bits per heavy atom. The van der Waals surface area contributed by atoms with Crippen molar-refractivity contribution in [2.24, 2.45) is 0 Å². The largest absolute Gasteiger partial charge is 0.472 e. The topological polar surface area (TPSA) is 226 Å². The van der Waals surface area contributed by atoms with Crippen LogP contribution >= 0.6 is 7.82 Å². The summed E-state index contributed by atoms with van der Waals surface area (Å²) >= 11 is 0. The standard InChI is InChI=1S/C45H84NO12P/c1-3-5-7-9-11-13-15-17-18-19-21-22-24-26-28-30-32-36(47)34-39(49)46-37(38(48)33-31-29-27-25-23-20-16-14-12-10-8-6-4-2)35-57-59(55,56)58-45-43(53)41(51)40(50)42(52)44(45)54/h21-23,25,31,33,36-38,40-45,47-48,50-54H,3-20,24,26-30,32,34-35H2,1-2H3,(H,46,49)(H,55,56)/b22-21-,25-23+,33-31+. The van der Waals surface area contributed by atoms with Crippen LogP contribution in [-0.2, 0) is 18.4 Å². The predicted molar refractivity (Wildman–Crippen MR) is 233 cm³/mol. The third-order valence-corrected chi connectivity index (χ3v) is 11.9. The molecule has 8 unspecified atom stereocenters. The summed E-state index contributed by atoms with van der Waals surface area (Å²) in [7, 11) is -5.15. The lowest BCUT2D eigenvalue weighted by Gasteiger charge is -2.41. The number of nitrogens with one attached hydrogen (secondary N) is 1. The molecule has 0 saturated heterocycles. The Labute approximate surface area is 356 Å². The van der Waals surface area contributed by atoms with Crippen molar-refractivity contribution in [3.8, 4) is 0 Å². The summed E-state index contributed by atoms with van der Waals surface area (Å²) in [6.07, 6.45) is 25.3. The first-order valence-corrected chi connectivity index (χ1v) is 24.5. The molecule has 0 spiro atoms. The third kappa shape index (κ3) is 27.2. The van der Waals surface area contributed by atoms with Gasteiger partial charge in [-0.3, -0.25) is 13.8 Å². The molecule has 14 heteroatoms. The maximum Gasteiger partial charge on any atom is 0.472 e. The quantitative estimate of drug-likeness (QED) is 0.0170. The van der Waals surface area contributed by atoms with Gasteiger partial charge in [-0.25, -0.2) is 4.57 Å². The fourth-order valence-corrected chi connectivity index (χ4v) is 8.10. The van der Waals surface area contributed by atoms with Crippen molar-refractivity contribution in [3.05, 3.63) is 36.5 Å². The summed E-state index contributed by atoms with van der Waals surface area (Å²) < 4.78 is 22.8. The summed E-state index contributed by atoms with van der Waals surface area (Å²) in [5, 5.41) is 74.3. The Morgan fingerprint density at radius 2 is 1.00 bits per heavy atom. The SMILES string of the molecule is CCCCCCCCC/C=C/CC/C=C/C(O)C(COP(=O)(O)OC1C(O)C(O)C(O)C(O)C1O)NC(=O)CC(O)CCCCC/C=C\CCCCCCCCCCC. The van der Waals surface area contributed by atoms with Crippen molar-refractivity contribution < 1.29 is 59.0 Å². The van der Waals surface area contributed by atoms with Crippen molar-refractivity contribution in [3.63, 3.8) is 0 Å². The summed E-state index contributed by atoms with van der Waals surface area (Å²) in [5.41, 5.74) is 0. The van der Waals surface area contributed by atoms with Gasteiger partial charge in [-0.1, -0.05) is 153 Å². The second kappa shape index (κ2) is 35.0. The van der Waals surface area contributed by atoms with E-state index < -0.39 is 75.2 Å². The number of hydrogen-bond acceptors (Lipinski definition) is 11. The van der Waals surface area contributed by atoms with Crippen LogP contribution in [0.4, 0.5) is 0 Å². The number of carbonyl (C=O) groups excluding carboxylic acids is 1. The third-order valence-electron chi connectivity index (χ3n) is 10.9. The van der Waals surface area contributed by atoms with Gasteiger partial charge < -0.3 is 46.0 Å². The molecule has 1 fully saturated rings. The number of amides is 1. The number of aliphatic hydroxyl groups is 7. The molecule has 8 atom stereocenters. The van der Waals surface area contributed by atoms with Crippen LogP contribution in [0.1, 0.15) is 181 Å². The van der Waals surface area contributed by atoms with Gasteiger partial charge in [0.15, 0.2) is 0 Å².